The third-order valence-electron chi connectivity index (χ3n) is 3.35. The normalized spacial score (nSPS) is 12.8. The van der Waals surface area contributed by atoms with Crippen LogP contribution in [-0.4, -0.2) is 33.5 Å². The summed E-state index contributed by atoms with van der Waals surface area (Å²) < 4.78 is 12.0. The SMILES string of the molecule is CCCCN(C)C(=O)Nc1cccc(C[S@@](=O)C(C)(C)C)c1. The van der Waals surface area contributed by atoms with Crippen molar-refractivity contribution >= 4 is 22.5 Å². The molecule has 0 spiro atoms. The van der Waals surface area contributed by atoms with Crippen LogP contribution in [0.1, 0.15) is 46.1 Å². The average molecular weight is 324 g/mol. The van der Waals surface area contributed by atoms with E-state index in [1.54, 1.807) is 11.9 Å². The molecule has 1 rings (SSSR count). The molecule has 0 unspecified atom stereocenters. The molecule has 0 aromatic heterocycles. The predicted octanol–water partition coefficient (Wildman–Crippen LogP) is 4.00. The number of urea groups is 1. The zero-order valence-electron chi connectivity index (χ0n) is 14.3. The van der Waals surface area contributed by atoms with Crippen LogP contribution < -0.4 is 5.32 Å². The van der Waals surface area contributed by atoms with Gasteiger partial charge in [0.15, 0.2) is 0 Å². The molecule has 0 aliphatic rings. The molecular formula is C17H28N2O2S. The van der Waals surface area contributed by atoms with Crippen LogP contribution in [0.4, 0.5) is 10.5 Å². The van der Waals surface area contributed by atoms with Crippen molar-refractivity contribution in [2.45, 2.75) is 51.0 Å². The number of hydrogen-bond acceptors (Lipinski definition) is 2. The first kappa shape index (κ1) is 18.7. The van der Waals surface area contributed by atoms with E-state index in [2.05, 4.69) is 12.2 Å². The molecule has 22 heavy (non-hydrogen) atoms. The molecule has 4 nitrogen and oxygen atoms in total. The quantitative estimate of drug-likeness (QED) is 0.860. The van der Waals surface area contributed by atoms with Crippen LogP contribution in [0, 0.1) is 0 Å². The van der Waals surface area contributed by atoms with Gasteiger partial charge in [0.1, 0.15) is 0 Å². The van der Waals surface area contributed by atoms with Gasteiger partial charge in [-0.25, -0.2) is 4.79 Å². The van der Waals surface area contributed by atoms with Gasteiger partial charge in [-0.2, -0.15) is 0 Å². The van der Waals surface area contributed by atoms with Crippen molar-refractivity contribution in [2.75, 3.05) is 18.9 Å². The second kappa shape index (κ2) is 8.32. The number of unbranched alkanes of at least 4 members (excludes halogenated alkanes) is 1. The molecule has 1 aromatic rings. The zero-order chi connectivity index (χ0) is 16.8. The number of nitrogens with zero attached hydrogens (tertiary/aromatic N) is 1. The molecule has 124 valence electrons. The van der Waals surface area contributed by atoms with Gasteiger partial charge in [0, 0.05) is 40.6 Å². The average Bonchev–Trinajstić information content (AvgIpc) is 2.44. The molecule has 0 saturated heterocycles. The highest BCUT2D eigenvalue weighted by molar-refractivity contribution is 7.85. The van der Waals surface area contributed by atoms with Gasteiger partial charge in [0.05, 0.1) is 0 Å². The minimum atomic E-state index is -0.945. The second-order valence-electron chi connectivity index (χ2n) is 6.51. The highest BCUT2D eigenvalue weighted by Crippen LogP contribution is 2.18. The first-order valence-electron chi connectivity index (χ1n) is 7.73. The van der Waals surface area contributed by atoms with E-state index in [-0.39, 0.29) is 10.8 Å². The van der Waals surface area contributed by atoms with Crippen molar-refractivity contribution in [3.05, 3.63) is 29.8 Å². The van der Waals surface area contributed by atoms with Crippen LogP contribution >= 0.6 is 0 Å². The van der Waals surface area contributed by atoms with Crippen molar-refractivity contribution in [1.29, 1.82) is 0 Å². The predicted molar refractivity (Wildman–Crippen MR) is 94.6 cm³/mol. The molecule has 0 bridgehead atoms. The third kappa shape index (κ3) is 6.18. The zero-order valence-corrected chi connectivity index (χ0v) is 15.1. The molecule has 2 amide bonds. The number of hydrogen-bond donors (Lipinski definition) is 1. The van der Waals surface area contributed by atoms with Crippen molar-refractivity contribution in [3.63, 3.8) is 0 Å². The Morgan fingerprint density at radius 1 is 1.32 bits per heavy atom. The summed E-state index contributed by atoms with van der Waals surface area (Å²) in [7, 11) is 0.850. The summed E-state index contributed by atoms with van der Waals surface area (Å²) in [4.78, 5) is 13.7. The molecule has 0 saturated carbocycles. The number of amides is 2. The fourth-order valence-corrected chi connectivity index (χ4v) is 2.74. The molecule has 0 aliphatic carbocycles. The Hall–Kier alpha value is -1.36. The Labute approximate surface area is 136 Å². The van der Waals surface area contributed by atoms with E-state index in [0.717, 1.165) is 30.6 Å². The van der Waals surface area contributed by atoms with E-state index in [9.17, 15) is 9.00 Å². The van der Waals surface area contributed by atoms with Crippen LogP contribution in [0.5, 0.6) is 0 Å². The second-order valence-corrected chi connectivity index (χ2v) is 8.71. The van der Waals surface area contributed by atoms with Crippen LogP contribution in [0.3, 0.4) is 0 Å². The van der Waals surface area contributed by atoms with Gasteiger partial charge in [0.2, 0.25) is 0 Å². The smallest absolute Gasteiger partial charge is 0.321 e. The number of nitrogens with one attached hydrogen (secondary N) is 1. The maximum Gasteiger partial charge on any atom is 0.321 e. The van der Waals surface area contributed by atoms with Crippen LogP contribution in [-0.2, 0) is 16.6 Å². The van der Waals surface area contributed by atoms with Gasteiger partial charge in [-0.05, 0) is 44.9 Å². The number of anilines is 1. The van der Waals surface area contributed by atoms with E-state index >= 15 is 0 Å². The van der Waals surface area contributed by atoms with Gasteiger partial charge in [-0.3, -0.25) is 4.21 Å². The lowest BCUT2D eigenvalue weighted by molar-refractivity contribution is 0.222. The van der Waals surface area contributed by atoms with Gasteiger partial charge < -0.3 is 10.2 Å². The number of benzene rings is 1. The summed E-state index contributed by atoms with van der Waals surface area (Å²) in [6, 6.07) is 7.48. The molecule has 0 fully saturated rings. The van der Waals surface area contributed by atoms with Gasteiger partial charge >= 0.3 is 6.03 Å². The summed E-state index contributed by atoms with van der Waals surface area (Å²) in [5.41, 5.74) is 1.72. The van der Waals surface area contributed by atoms with Crippen LogP contribution in [0.15, 0.2) is 24.3 Å². The van der Waals surface area contributed by atoms with Gasteiger partial charge in [-0.1, -0.05) is 25.5 Å². The van der Waals surface area contributed by atoms with E-state index < -0.39 is 10.8 Å². The Bertz CT molecular complexity index is 524. The fraction of sp³-hybridized carbons (Fsp3) is 0.588. The summed E-state index contributed by atoms with van der Waals surface area (Å²) in [5, 5.41) is 2.89. The maximum absolute atomic E-state index is 12.2. The topological polar surface area (TPSA) is 49.4 Å². The molecule has 0 heterocycles. The molecule has 1 aromatic carbocycles. The lowest BCUT2D eigenvalue weighted by atomic mass is 10.2. The Morgan fingerprint density at radius 3 is 2.59 bits per heavy atom. The van der Waals surface area contributed by atoms with Crippen LogP contribution in [0.25, 0.3) is 0 Å². The minimum absolute atomic E-state index is 0.109. The fourth-order valence-electron chi connectivity index (χ4n) is 1.82. The van der Waals surface area contributed by atoms with Crippen LogP contribution in [0.2, 0.25) is 0 Å². The van der Waals surface area contributed by atoms with Crippen molar-refractivity contribution in [2.24, 2.45) is 0 Å². The standard InChI is InChI=1S/C17H28N2O2S/c1-6-7-11-19(5)16(20)18-15-10-8-9-14(12-15)13-22(21)17(2,3)4/h8-10,12H,6-7,11,13H2,1-5H3,(H,18,20)/t22-/m1/s1. The third-order valence-corrected chi connectivity index (χ3v) is 5.31. The maximum atomic E-state index is 12.2. The van der Waals surface area contributed by atoms with E-state index in [1.165, 1.54) is 0 Å². The highest BCUT2D eigenvalue weighted by Gasteiger charge is 2.19. The molecular weight excluding hydrogens is 296 g/mol. The first-order chi connectivity index (χ1) is 10.2. The summed E-state index contributed by atoms with van der Waals surface area (Å²) in [6.45, 7) is 8.76. The first-order valence-corrected chi connectivity index (χ1v) is 9.05. The van der Waals surface area contributed by atoms with Crippen molar-refractivity contribution < 1.29 is 9.00 Å². The highest BCUT2D eigenvalue weighted by atomic mass is 32.2. The largest absolute Gasteiger partial charge is 0.328 e. The van der Waals surface area contributed by atoms with Crippen molar-refractivity contribution in [3.8, 4) is 0 Å². The van der Waals surface area contributed by atoms with E-state index in [1.807, 2.05) is 45.0 Å². The van der Waals surface area contributed by atoms with Gasteiger partial charge in [-0.15, -0.1) is 0 Å². The molecule has 1 atom stereocenters. The molecule has 0 aliphatic heterocycles. The van der Waals surface area contributed by atoms with Gasteiger partial charge in [0.25, 0.3) is 0 Å². The summed E-state index contributed by atoms with van der Waals surface area (Å²) in [5.74, 6) is 0.499. The number of carbonyl (C=O) groups excluding carboxylic acids is 1. The summed E-state index contributed by atoms with van der Waals surface area (Å²) in [6.07, 6.45) is 2.06. The monoisotopic (exact) mass is 324 g/mol. The van der Waals surface area contributed by atoms with Crippen molar-refractivity contribution in [1.82, 2.24) is 4.90 Å². The number of carbonyl (C=O) groups is 1. The Kier molecular flexibility index (Phi) is 7.07. The Balaban J connectivity index is 2.68. The molecule has 0 radical (unpaired) electrons. The lowest BCUT2D eigenvalue weighted by Crippen LogP contribution is -2.32. The minimum Gasteiger partial charge on any atom is -0.328 e. The lowest BCUT2D eigenvalue weighted by Gasteiger charge is -2.19. The molecule has 1 N–H and O–H groups in total. The molecule has 5 heteroatoms. The summed E-state index contributed by atoms with van der Waals surface area (Å²) >= 11 is 0. The number of rotatable bonds is 6. The van der Waals surface area contributed by atoms with E-state index in [4.69, 9.17) is 0 Å². The van der Waals surface area contributed by atoms with E-state index in [0.29, 0.717) is 5.75 Å². The Morgan fingerprint density at radius 2 is 2.00 bits per heavy atom.